The van der Waals surface area contributed by atoms with Crippen molar-refractivity contribution in [3.8, 4) is 0 Å². The van der Waals surface area contributed by atoms with E-state index < -0.39 is 15.8 Å². The van der Waals surface area contributed by atoms with Crippen LogP contribution in [-0.2, 0) is 16.4 Å². The van der Waals surface area contributed by atoms with Gasteiger partial charge in [0.25, 0.3) is 0 Å². The second-order valence-corrected chi connectivity index (χ2v) is 9.88. The van der Waals surface area contributed by atoms with Crippen LogP contribution in [0.2, 0.25) is 5.02 Å². The maximum atomic E-state index is 14.2. The monoisotopic (exact) mass is 459 g/mol. The number of aromatic nitrogens is 3. The fourth-order valence-corrected chi connectivity index (χ4v) is 3.60. The molecule has 0 saturated carbocycles. The van der Waals surface area contributed by atoms with E-state index in [-0.39, 0.29) is 42.7 Å². The zero-order valence-corrected chi connectivity index (χ0v) is 18.9. The van der Waals surface area contributed by atoms with Gasteiger partial charge in [-0.2, -0.15) is 15.0 Å². The van der Waals surface area contributed by atoms with Crippen molar-refractivity contribution >= 4 is 33.5 Å². The Labute approximate surface area is 181 Å². The molecule has 8 nitrogen and oxygen atoms in total. The Morgan fingerprint density at radius 1 is 1.17 bits per heavy atom. The average Bonchev–Trinajstić information content (AvgIpc) is 2.61. The zero-order valence-electron chi connectivity index (χ0n) is 17.4. The number of nitrogens with one attached hydrogen (secondary N) is 2. The molecule has 0 aliphatic carbocycles. The highest BCUT2D eigenvalue weighted by Crippen LogP contribution is 2.25. The van der Waals surface area contributed by atoms with Crippen molar-refractivity contribution in [1.29, 1.82) is 0 Å². The van der Waals surface area contributed by atoms with Gasteiger partial charge in [0.2, 0.25) is 21.9 Å². The van der Waals surface area contributed by atoms with Gasteiger partial charge in [-0.3, -0.25) is 4.72 Å². The first-order valence-corrected chi connectivity index (χ1v) is 11.8. The average molecular weight is 460 g/mol. The largest absolute Gasteiger partial charge is 0.394 e. The molecule has 0 spiro atoms. The molecule has 0 aliphatic heterocycles. The van der Waals surface area contributed by atoms with Gasteiger partial charge in [-0.05, 0) is 42.0 Å². The number of aliphatic hydroxyl groups excluding tert-OH is 1. The Balaban J connectivity index is 2.34. The maximum absolute atomic E-state index is 14.2. The Bertz CT molecular complexity index is 975. The third-order valence-corrected chi connectivity index (χ3v) is 5.03. The number of hydrogen-bond donors (Lipinski definition) is 3. The van der Waals surface area contributed by atoms with Gasteiger partial charge in [0, 0.05) is 11.4 Å². The maximum Gasteiger partial charge on any atom is 0.241 e. The number of halogens is 2. The van der Waals surface area contributed by atoms with Crippen LogP contribution in [-0.4, -0.2) is 47.4 Å². The predicted molar refractivity (Wildman–Crippen MR) is 116 cm³/mol. The summed E-state index contributed by atoms with van der Waals surface area (Å²) in [5.74, 6) is -0.155. The first kappa shape index (κ1) is 24.2. The summed E-state index contributed by atoms with van der Waals surface area (Å²) in [7, 11) is -3.61. The number of sulfonamides is 1. The third kappa shape index (κ3) is 7.66. The van der Waals surface area contributed by atoms with Crippen molar-refractivity contribution in [2.75, 3.05) is 22.9 Å². The SMILES string of the molecule is CC(C)C[C@H](CO)Nc1nc(C[C@@H](C)c2cc(Cl)ccc2F)nc(NS(C)(=O)=O)n1. The molecule has 1 aromatic carbocycles. The number of rotatable bonds is 10. The summed E-state index contributed by atoms with van der Waals surface area (Å²) in [6.45, 7) is 5.69. The van der Waals surface area contributed by atoms with Gasteiger partial charge < -0.3 is 10.4 Å². The molecule has 0 unspecified atom stereocenters. The van der Waals surface area contributed by atoms with E-state index in [2.05, 4.69) is 25.0 Å². The molecule has 0 saturated heterocycles. The highest BCUT2D eigenvalue weighted by molar-refractivity contribution is 7.91. The van der Waals surface area contributed by atoms with E-state index in [1.165, 1.54) is 12.1 Å². The summed E-state index contributed by atoms with van der Waals surface area (Å²) in [5, 5.41) is 13.0. The minimum absolute atomic E-state index is 0.129. The van der Waals surface area contributed by atoms with Crippen molar-refractivity contribution in [3.05, 3.63) is 40.4 Å². The van der Waals surface area contributed by atoms with Crippen molar-refractivity contribution in [2.45, 2.75) is 45.6 Å². The van der Waals surface area contributed by atoms with E-state index >= 15 is 0 Å². The molecule has 30 heavy (non-hydrogen) atoms. The van der Waals surface area contributed by atoms with Gasteiger partial charge in [0.15, 0.2) is 0 Å². The lowest BCUT2D eigenvalue weighted by molar-refractivity contribution is 0.259. The lowest BCUT2D eigenvalue weighted by Crippen LogP contribution is -2.27. The van der Waals surface area contributed by atoms with E-state index in [4.69, 9.17) is 11.6 Å². The normalized spacial score (nSPS) is 13.9. The van der Waals surface area contributed by atoms with Crippen molar-refractivity contribution in [1.82, 2.24) is 15.0 Å². The summed E-state index contributed by atoms with van der Waals surface area (Å²) in [6, 6.07) is 4.00. The molecule has 3 N–H and O–H groups in total. The first-order chi connectivity index (χ1) is 14.0. The molecular formula is C19H27ClFN5O3S. The van der Waals surface area contributed by atoms with Crippen LogP contribution in [0.5, 0.6) is 0 Å². The smallest absolute Gasteiger partial charge is 0.241 e. The lowest BCUT2D eigenvalue weighted by atomic mass is 9.97. The fourth-order valence-electron chi connectivity index (χ4n) is 2.99. The van der Waals surface area contributed by atoms with E-state index in [1.54, 1.807) is 13.0 Å². The third-order valence-electron chi connectivity index (χ3n) is 4.25. The van der Waals surface area contributed by atoms with E-state index in [0.29, 0.717) is 22.9 Å². The molecule has 2 aromatic rings. The standard InChI is InChI=1S/C19H27ClFN5O3S/c1-11(2)7-14(10-27)22-18-23-17(24-19(25-18)26-30(4,28)29)8-12(3)15-9-13(20)5-6-16(15)21/h5-6,9,11-12,14,27H,7-8,10H2,1-4H3,(H2,22,23,24,25,26)/t12-,14-/m1/s1. The van der Waals surface area contributed by atoms with E-state index in [9.17, 15) is 17.9 Å². The molecule has 0 bridgehead atoms. The second kappa shape index (κ2) is 10.3. The molecular weight excluding hydrogens is 433 g/mol. The summed E-state index contributed by atoms with van der Waals surface area (Å²) in [4.78, 5) is 12.6. The van der Waals surface area contributed by atoms with Crippen LogP contribution in [0.15, 0.2) is 18.2 Å². The summed E-state index contributed by atoms with van der Waals surface area (Å²) < 4.78 is 39.7. The van der Waals surface area contributed by atoms with Gasteiger partial charge in [0.1, 0.15) is 11.6 Å². The number of benzene rings is 1. The number of anilines is 2. The summed E-state index contributed by atoms with van der Waals surface area (Å²) >= 11 is 5.98. The molecule has 2 atom stereocenters. The zero-order chi connectivity index (χ0) is 22.5. The van der Waals surface area contributed by atoms with Gasteiger partial charge in [-0.1, -0.05) is 32.4 Å². The molecule has 2 rings (SSSR count). The van der Waals surface area contributed by atoms with Gasteiger partial charge >= 0.3 is 0 Å². The van der Waals surface area contributed by atoms with Crippen LogP contribution in [0.1, 0.15) is 44.5 Å². The highest BCUT2D eigenvalue weighted by atomic mass is 35.5. The number of aliphatic hydroxyl groups is 1. The van der Waals surface area contributed by atoms with Crippen LogP contribution in [0.3, 0.4) is 0 Å². The Morgan fingerprint density at radius 2 is 1.83 bits per heavy atom. The van der Waals surface area contributed by atoms with Crippen LogP contribution in [0, 0.1) is 11.7 Å². The predicted octanol–water partition coefficient (Wildman–Crippen LogP) is 3.20. The highest BCUT2D eigenvalue weighted by Gasteiger charge is 2.18. The molecule has 1 aromatic heterocycles. The topological polar surface area (TPSA) is 117 Å². The van der Waals surface area contributed by atoms with Crippen molar-refractivity contribution in [2.24, 2.45) is 5.92 Å². The summed E-state index contributed by atoms with van der Waals surface area (Å²) in [6.07, 6.45) is 1.88. The molecule has 11 heteroatoms. The Kier molecular flexibility index (Phi) is 8.34. The molecule has 0 aliphatic rings. The summed E-state index contributed by atoms with van der Waals surface area (Å²) in [5.41, 5.74) is 0.406. The fraction of sp³-hybridized carbons (Fsp3) is 0.526. The molecule has 0 fully saturated rings. The molecule has 166 valence electrons. The first-order valence-electron chi connectivity index (χ1n) is 9.52. The Hall–Kier alpha value is -2.04. The number of nitrogens with zero attached hydrogens (tertiary/aromatic N) is 3. The van der Waals surface area contributed by atoms with Crippen molar-refractivity contribution in [3.63, 3.8) is 0 Å². The van der Waals surface area contributed by atoms with Crippen LogP contribution in [0.4, 0.5) is 16.3 Å². The van der Waals surface area contributed by atoms with Crippen LogP contribution >= 0.6 is 11.6 Å². The molecule has 1 heterocycles. The minimum Gasteiger partial charge on any atom is -0.394 e. The van der Waals surface area contributed by atoms with E-state index in [0.717, 1.165) is 6.26 Å². The minimum atomic E-state index is -3.61. The lowest BCUT2D eigenvalue weighted by Gasteiger charge is -2.19. The van der Waals surface area contributed by atoms with Gasteiger partial charge in [-0.25, -0.2) is 12.8 Å². The quantitative estimate of drug-likeness (QED) is 0.499. The molecule has 0 radical (unpaired) electrons. The van der Waals surface area contributed by atoms with Gasteiger partial charge in [-0.15, -0.1) is 0 Å². The molecule has 0 amide bonds. The van der Waals surface area contributed by atoms with E-state index in [1.807, 2.05) is 13.8 Å². The Morgan fingerprint density at radius 3 is 2.43 bits per heavy atom. The number of hydrogen-bond acceptors (Lipinski definition) is 7. The van der Waals surface area contributed by atoms with Crippen LogP contribution < -0.4 is 10.0 Å². The van der Waals surface area contributed by atoms with Gasteiger partial charge in [0.05, 0.1) is 18.9 Å². The van der Waals surface area contributed by atoms with Crippen molar-refractivity contribution < 1.29 is 17.9 Å². The second-order valence-electron chi connectivity index (χ2n) is 7.70. The van der Waals surface area contributed by atoms with Crippen LogP contribution in [0.25, 0.3) is 0 Å².